The molecule has 1 saturated heterocycles. The van der Waals surface area contributed by atoms with Gasteiger partial charge in [0.1, 0.15) is 5.82 Å². The molecule has 3 rings (SSSR count). The van der Waals surface area contributed by atoms with E-state index in [1.165, 1.54) is 37.7 Å². The van der Waals surface area contributed by atoms with Crippen LogP contribution in [-0.2, 0) is 0 Å². The van der Waals surface area contributed by atoms with Gasteiger partial charge >= 0.3 is 0 Å². The van der Waals surface area contributed by atoms with Crippen molar-refractivity contribution in [2.45, 2.75) is 51.1 Å². The molecule has 2 N–H and O–H groups in total. The molecule has 3 atom stereocenters. The minimum Gasteiger partial charge on any atom is -0.329 e. The molecule has 1 aromatic carbocycles. The van der Waals surface area contributed by atoms with E-state index in [4.69, 9.17) is 5.73 Å². The van der Waals surface area contributed by atoms with Gasteiger partial charge in [-0.3, -0.25) is 4.90 Å². The minimum absolute atomic E-state index is 0.124. The zero-order valence-electron chi connectivity index (χ0n) is 12.3. The number of halogens is 1. The van der Waals surface area contributed by atoms with Crippen LogP contribution in [0.2, 0.25) is 0 Å². The van der Waals surface area contributed by atoms with Gasteiger partial charge in [0.15, 0.2) is 0 Å². The number of likely N-dealkylation sites (tertiary alicyclic amines) is 1. The molecular weight excluding hydrogens is 251 g/mol. The van der Waals surface area contributed by atoms with Crippen molar-refractivity contribution in [2.75, 3.05) is 13.1 Å². The molecule has 0 spiro atoms. The van der Waals surface area contributed by atoms with Crippen LogP contribution in [0.5, 0.6) is 0 Å². The van der Waals surface area contributed by atoms with Crippen LogP contribution in [0.15, 0.2) is 18.2 Å². The van der Waals surface area contributed by atoms with Gasteiger partial charge in [-0.2, -0.15) is 0 Å². The molecule has 110 valence electrons. The summed E-state index contributed by atoms with van der Waals surface area (Å²) in [6.07, 6.45) is 6.72. The van der Waals surface area contributed by atoms with E-state index in [0.717, 1.165) is 18.0 Å². The lowest BCUT2D eigenvalue weighted by Gasteiger charge is -2.37. The first-order valence-electron chi connectivity index (χ1n) is 7.92. The summed E-state index contributed by atoms with van der Waals surface area (Å²) in [6, 6.07) is 6.42. The Kier molecular flexibility index (Phi) is 4.08. The molecule has 2 fully saturated rings. The Bertz CT molecular complexity index is 474. The number of nitrogens with zero attached hydrogens (tertiary/aromatic N) is 1. The smallest absolute Gasteiger partial charge is 0.126 e. The van der Waals surface area contributed by atoms with Crippen molar-refractivity contribution in [2.24, 2.45) is 11.7 Å². The fraction of sp³-hybridized carbons (Fsp3) is 0.647. The van der Waals surface area contributed by atoms with Crippen LogP contribution in [0.3, 0.4) is 0 Å². The van der Waals surface area contributed by atoms with E-state index in [2.05, 4.69) is 4.90 Å². The second-order valence-electron chi connectivity index (χ2n) is 6.40. The molecule has 3 unspecified atom stereocenters. The van der Waals surface area contributed by atoms with Gasteiger partial charge in [-0.1, -0.05) is 25.0 Å². The summed E-state index contributed by atoms with van der Waals surface area (Å²) in [5.41, 5.74) is 7.96. The van der Waals surface area contributed by atoms with Gasteiger partial charge in [0.25, 0.3) is 0 Å². The van der Waals surface area contributed by atoms with Gasteiger partial charge in [-0.05, 0) is 55.8 Å². The second kappa shape index (κ2) is 5.82. The molecule has 3 heteroatoms. The minimum atomic E-state index is -0.124. The van der Waals surface area contributed by atoms with E-state index >= 15 is 0 Å². The van der Waals surface area contributed by atoms with Gasteiger partial charge in [0, 0.05) is 18.6 Å². The van der Waals surface area contributed by atoms with Crippen molar-refractivity contribution in [1.82, 2.24) is 4.90 Å². The Hall–Kier alpha value is -0.930. The standard InChI is InChI=1S/C17H25FN2/c1-12-10-14(6-7-15(12)18)17(11-19)20-9-8-13-4-2-3-5-16(13)20/h6-7,10,13,16-17H,2-5,8-9,11,19H2,1H3. The molecule has 1 saturated carbocycles. The summed E-state index contributed by atoms with van der Waals surface area (Å²) >= 11 is 0. The van der Waals surface area contributed by atoms with Gasteiger partial charge in [0.2, 0.25) is 0 Å². The molecular formula is C17H25FN2. The molecule has 2 aliphatic rings. The van der Waals surface area contributed by atoms with Crippen molar-refractivity contribution >= 4 is 0 Å². The number of aryl methyl sites for hydroxylation is 1. The van der Waals surface area contributed by atoms with Crippen LogP contribution in [0.1, 0.15) is 49.3 Å². The van der Waals surface area contributed by atoms with E-state index in [0.29, 0.717) is 12.6 Å². The van der Waals surface area contributed by atoms with E-state index < -0.39 is 0 Å². The van der Waals surface area contributed by atoms with Gasteiger partial charge < -0.3 is 5.73 Å². The van der Waals surface area contributed by atoms with Crippen molar-refractivity contribution in [3.05, 3.63) is 35.1 Å². The van der Waals surface area contributed by atoms with Crippen molar-refractivity contribution in [3.8, 4) is 0 Å². The number of hydrogen-bond donors (Lipinski definition) is 1. The average Bonchev–Trinajstić information content (AvgIpc) is 2.88. The maximum atomic E-state index is 13.5. The Labute approximate surface area is 121 Å². The number of nitrogens with two attached hydrogens (primary N) is 1. The normalized spacial score (nSPS) is 28.4. The second-order valence-corrected chi connectivity index (χ2v) is 6.40. The van der Waals surface area contributed by atoms with Crippen molar-refractivity contribution in [3.63, 3.8) is 0 Å². The fourth-order valence-corrected chi connectivity index (χ4v) is 4.17. The van der Waals surface area contributed by atoms with Gasteiger partial charge in [-0.25, -0.2) is 4.39 Å². The lowest BCUT2D eigenvalue weighted by molar-refractivity contribution is 0.135. The third kappa shape index (κ3) is 2.49. The van der Waals surface area contributed by atoms with Crippen LogP contribution in [0, 0.1) is 18.7 Å². The first kappa shape index (κ1) is 14.0. The monoisotopic (exact) mass is 276 g/mol. The first-order chi connectivity index (χ1) is 9.70. The van der Waals surface area contributed by atoms with Crippen molar-refractivity contribution < 1.29 is 4.39 Å². The van der Waals surface area contributed by atoms with Crippen LogP contribution < -0.4 is 5.73 Å². The topological polar surface area (TPSA) is 29.3 Å². The third-order valence-corrected chi connectivity index (χ3v) is 5.24. The molecule has 1 heterocycles. The predicted molar refractivity (Wildman–Crippen MR) is 80.0 cm³/mol. The first-order valence-corrected chi connectivity index (χ1v) is 7.92. The van der Waals surface area contributed by atoms with E-state index in [9.17, 15) is 4.39 Å². The molecule has 0 bridgehead atoms. The number of rotatable bonds is 3. The Morgan fingerprint density at radius 1 is 1.30 bits per heavy atom. The molecule has 1 aromatic rings. The largest absolute Gasteiger partial charge is 0.329 e. The number of benzene rings is 1. The zero-order chi connectivity index (χ0) is 14.1. The van der Waals surface area contributed by atoms with Gasteiger partial charge in [-0.15, -0.1) is 0 Å². The summed E-state index contributed by atoms with van der Waals surface area (Å²) in [5.74, 6) is 0.737. The average molecular weight is 276 g/mol. The maximum absolute atomic E-state index is 13.5. The fourth-order valence-electron chi connectivity index (χ4n) is 4.17. The summed E-state index contributed by atoms with van der Waals surface area (Å²) in [6.45, 7) is 3.60. The van der Waals surface area contributed by atoms with E-state index in [-0.39, 0.29) is 11.9 Å². The molecule has 0 amide bonds. The van der Waals surface area contributed by atoms with Crippen LogP contribution >= 0.6 is 0 Å². The van der Waals surface area contributed by atoms with Crippen LogP contribution in [-0.4, -0.2) is 24.0 Å². The quantitative estimate of drug-likeness (QED) is 0.917. The lowest BCUT2D eigenvalue weighted by Crippen LogP contribution is -2.40. The van der Waals surface area contributed by atoms with Gasteiger partial charge in [0.05, 0.1) is 0 Å². The third-order valence-electron chi connectivity index (χ3n) is 5.24. The molecule has 0 radical (unpaired) electrons. The Morgan fingerprint density at radius 2 is 2.10 bits per heavy atom. The zero-order valence-corrected chi connectivity index (χ0v) is 12.3. The summed E-state index contributed by atoms with van der Waals surface area (Å²) in [4.78, 5) is 2.59. The van der Waals surface area contributed by atoms with E-state index in [1.54, 1.807) is 6.07 Å². The highest BCUT2D eigenvalue weighted by Gasteiger charge is 2.38. The summed E-state index contributed by atoms with van der Waals surface area (Å²) in [5, 5.41) is 0. The Morgan fingerprint density at radius 3 is 2.85 bits per heavy atom. The summed E-state index contributed by atoms with van der Waals surface area (Å²) in [7, 11) is 0. The molecule has 20 heavy (non-hydrogen) atoms. The predicted octanol–water partition coefficient (Wildman–Crippen LogP) is 3.40. The molecule has 2 nitrogen and oxygen atoms in total. The molecule has 0 aromatic heterocycles. The number of hydrogen-bond acceptors (Lipinski definition) is 2. The highest BCUT2D eigenvalue weighted by Crippen LogP contribution is 2.40. The molecule has 1 aliphatic heterocycles. The van der Waals surface area contributed by atoms with Crippen molar-refractivity contribution in [1.29, 1.82) is 0 Å². The highest BCUT2D eigenvalue weighted by molar-refractivity contribution is 5.27. The SMILES string of the molecule is Cc1cc(C(CN)N2CCC3CCCCC32)ccc1F. The van der Waals surface area contributed by atoms with E-state index in [1.807, 2.05) is 19.1 Å². The summed E-state index contributed by atoms with van der Waals surface area (Å²) < 4.78 is 13.5. The number of fused-ring (bicyclic) bond motifs is 1. The Balaban J connectivity index is 1.84. The highest BCUT2D eigenvalue weighted by atomic mass is 19.1. The molecule has 1 aliphatic carbocycles. The lowest BCUT2D eigenvalue weighted by atomic mass is 9.84. The van der Waals surface area contributed by atoms with Crippen LogP contribution in [0.4, 0.5) is 4.39 Å². The van der Waals surface area contributed by atoms with Crippen LogP contribution in [0.25, 0.3) is 0 Å². The maximum Gasteiger partial charge on any atom is 0.126 e.